The highest BCUT2D eigenvalue weighted by Gasteiger charge is 2.12. The number of pyridine rings is 1. The van der Waals surface area contributed by atoms with Crippen LogP contribution in [-0.4, -0.2) is 17.9 Å². The molecule has 1 aromatic heterocycles. The Balaban J connectivity index is 0.000000468. The van der Waals surface area contributed by atoms with Crippen LogP contribution in [0.5, 0.6) is 0 Å². The van der Waals surface area contributed by atoms with Gasteiger partial charge in [-0.1, -0.05) is 81.0 Å². The van der Waals surface area contributed by atoms with Crippen molar-refractivity contribution in [3.8, 4) is 0 Å². The monoisotopic (exact) mass is 433 g/mol. The Morgan fingerprint density at radius 1 is 0.938 bits per heavy atom. The zero-order valence-corrected chi connectivity index (χ0v) is 21.9. The van der Waals surface area contributed by atoms with Crippen molar-refractivity contribution in [2.45, 2.75) is 62.3 Å². The van der Waals surface area contributed by atoms with Gasteiger partial charge in [0, 0.05) is 24.6 Å². The van der Waals surface area contributed by atoms with Gasteiger partial charge in [-0.05, 0) is 70.2 Å². The number of aryl methyl sites for hydroxylation is 3. The van der Waals surface area contributed by atoms with Crippen LogP contribution in [0.2, 0.25) is 0 Å². The summed E-state index contributed by atoms with van der Waals surface area (Å²) in [4.78, 5) is 8.29. The zero-order valence-electron chi connectivity index (χ0n) is 21.9. The third kappa shape index (κ3) is 12.7. The second-order valence-corrected chi connectivity index (χ2v) is 9.16. The molecule has 1 N–H and O–H groups in total. The summed E-state index contributed by atoms with van der Waals surface area (Å²) in [5.41, 5.74) is 8.33. The van der Waals surface area contributed by atoms with Crippen LogP contribution >= 0.6 is 0 Å². The molecule has 174 valence electrons. The number of hydrogen-bond donors (Lipinski definition) is 1. The van der Waals surface area contributed by atoms with Gasteiger partial charge in [-0.25, -0.2) is 0 Å². The molecule has 0 aliphatic carbocycles. The Kier molecular flexibility index (Phi) is 12.9. The molecule has 0 saturated carbocycles. The summed E-state index contributed by atoms with van der Waals surface area (Å²) >= 11 is 0. The summed E-state index contributed by atoms with van der Waals surface area (Å²) in [6.07, 6.45) is 3.86. The van der Waals surface area contributed by atoms with Gasteiger partial charge in [0.2, 0.25) is 0 Å². The predicted octanol–water partition coefficient (Wildman–Crippen LogP) is 7.86. The summed E-state index contributed by atoms with van der Waals surface area (Å²) in [5, 5.41) is 3.11. The zero-order chi connectivity index (χ0) is 24.9. The number of hydrogen-bond acceptors (Lipinski definition) is 2. The second-order valence-electron chi connectivity index (χ2n) is 9.16. The lowest BCUT2D eigenvalue weighted by Crippen LogP contribution is -2.20. The van der Waals surface area contributed by atoms with Crippen molar-refractivity contribution in [3.63, 3.8) is 0 Å². The lowest BCUT2D eigenvalue weighted by atomic mass is 9.87. The van der Waals surface area contributed by atoms with E-state index in [1.807, 2.05) is 32.9 Å². The van der Waals surface area contributed by atoms with E-state index in [9.17, 15) is 0 Å². The van der Waals surface area contributed by atoms with Crippen LogP contribution in [0.1, 0.15) is 63.9 Å². The standard InChI is InChI=1S/C12H22N2.C9H11N.C8H10/c1-9(2)14-11(13-7)8-10(3)12(4,5)6;1-7(2)9-5-4-6-10-8(9)3;1-7-3-5-8(2)6-4-7/h8H,1H2,2-7H3,(H,13,14);4-6H,1H2,2-3H3;3-6H,1-2H3/b10-8+;;. The molecular weight excluding hydrogens is 390 g/mol. The SMILES string of the molecule is C=C(C)NC(/C=C(\C)C(C)(C)C)=NC.C=C(C)c1cccnc1C.Cc1ccc(C)cc1. The molecular formula is C29H43N3. The number of benzene rings is 1. The molecule has 32 heavy (non-hydrogen) atoms. The van der Waals surface area contributed by atoms with Gasteiger partial charge in [-0.15, -0.1) is 0 Å². The van der Waals surface area contributed by atoms with Crippen molar-refractivity contribution in [1.29, 1.82) is 0 Å². The summed E-state index contributed by atoms with van der Waals surface area (Å²) in [6.45, 7) is 26.4. The van der Waals surface area contributed by atoms with Crippen molar-refractivity contribution in [3.05, 3.63) is 95.5 Å². The van der Waals surface area contributed by atoms with Gasteiger partial charge in [0.05, 0.1) is 0 Å². The number of nitrogens with one attached hydrogen (secondary N) is 1. The van der Waals surface area contributed by atoms with Gasteiger partial charge in [0.1, 0.15) is 5.84 Å². The fourth-order valence-corrected chi connectivity index (χ4v) is 2.37. The number of aliphatic imine (C=N–C) groups is 1. The second kappa shape index (κ2) is 14.2. The minimum atomic E-state index is 0.187. The molecule has 3 heteroatoms. The minimum absolute atomic E-state index is 0.187. The molecule has 0 radical (unpaired) electrons. The van der Waals surface area contributed by atoms with Crippen LogP contribution in [0.15, 0.2) is 78.1 Å². The molecule has 1 heterocycles. The molecule has 0 aliphatic rings. The van der Waals surface area contributed by atoms with Gasteiger partial charge < -0.3 is 5.32 Å². The molecule has 0 spiro atoms. The fourth-order valence-electron chi connectivity index (χ4n) is 2.37. The molecule has 0 atom stereocenters. The van der Waals surface area contributed by atoms with E-state index in [1.165, 1.54) is 16.7 Å². The van der Waals surface area contributed by atoms with Crippen LogP contribution in [-0.2, 0) is 0 Å². The van der Waals surface area contributed by atoms with Crippen LogP contribution in [0.25, 0.3) is 5.57 Å². The Labute approximate surface area is 197 Å². The summed E-state index contributed by atoms with van der Waals surface area (Å²) in [7, 11) is 1.78. The van der Waals surface area contributed by atoms with Gasteiger partial charge in [0.25, 0.3) is 0 Å². The molecule has 3 nitrogen and oxygen atoms in total. The van der Waals surface area contributed by atoms with Gasteiger partial charge in [-0.2, -0.15) is 0 Å². The van der Waals surface area contributed by atoms with Crippen molar-refractivity contribution in [2.24, 2.45) is 10.4 Å². The van der Waals surface area contributed by atoms with Crippen molar-refractivity contribution in [1.82, 2.24) is 10.3 Å². The van der Waals surface area contributed by atoms with E-state index in [0.717, 1.165) is 28.4 Å². The molecule has 2 aromatic rings. The Hall–Kier alpha value is -2.94. The van der Waals surface area contributed by atoms with E-state index in [2.05, 4.69) is 100 Å². The van der Waals surface area contributed by atoms with E-state index < -0.39 is 0 Å². The number of allylic oxidation sites excluding steroid dienone is 3. The normalized spacial score (nSPS) is 11.4. The van der Waals surface area contributed by atoms with E-state index in [4.69, 9.17) is 0 Å². The number of amidine groups is 1. The highest BCUT2D eigenvalue weighted by Crippen LogP contribution is 2.24. The van der Waals surface area contributed by atoms with Crippen LogP contribution in [0, 0.1) is 26.2 Å². The largest absolute Gasteiger partial charge is 0.345 e. The Morgan fingerprint density at radius 3 is 1.75 bits per heavy atom. The van der Waals surface area contributed by atoms with E-state index >= 15 is 0 Å². The molecule has 0 saturated heterocycles. The first-order chi connectivity index (χ1) is 14.8. The average Bonchev–Trinajstić information content (AvgIpc) is 2.69. The summed E-state index contributed by atoms with van der Waals surface area (Å²) in [5.74, 6) is 0.866. The van der Waals surface area contributed by atoms with Crippen LogP contribution < -0.4 is 5.32 Å². The highest BCUT2D eigenvalue weighted by atomic mass is 15.0. The van der Waals surface area contributed by atoms with Gasteiger partial charge >= 0.3 is 0 Å². The first-order valence-corrected chi connectivity index (χ1v) is 11.0. The minimum Gasteiger partial charge on any atom is -0.345 e. The third-order valence-corrected chi connectivity index (χ3v) is 4.80. The first kappa shape index (κ1) is 29.1. The van der Waals surface area contributed by atoms with Crippen LogP contribution in [0.4, 0.5) is 0 Å². The number of aromatic nitrogens is 1. The number of nitrogens with zero attached hydrogens (tertiary/aromatic N) is 2. The Morgan fingerprint density at radius 2 is 1.44 bits per heavy atom. The fraction of sp³-hybridized carbons (Fsp3) is 0.379. The smallest absolute Gasteiger partial charge is 0.124 e. The molecule has 0 aliphatic heterocycles. The van der Waals surface area contributed by atoms with Gasteiger partial charge in [0.15, 0.2) is 0 Å². The summed E-state index contributed by atoms with van der Waals surface area (Å²) in [6, 6.07) is 12.4. The lowest BCUT2D eigenvalue weighted by Gasteiger charge is -2.20. The van der Waals surface area contributed by atoms with Crippen molar-refractivity contribution >= 4 is 11.4 Å². The maximum Gasteiger partial charge on any atom is 0.124 e. The van der Waals surface area contributed by atoms with Crippen LogP contribution in [0.3, 0.4) is 0 Å². The molecule has 0 fully saturated rings. The van der Waals surface area contributed by atoms with Crippen molar-refractivity contribution in [2.75, 3.05) is 7.05 Å². The molecule has 1 aromatic carbocycles. The van der Waals surface area contributed by atoms with E-state index in [1.54, 1.807) is 13.2 Å². The van der Waals surface area contributed by atoms with Gasteiger partial charge in [-0.3, -0.25) is 9.98 Å². The summed E-state index contributed by atoms with van der Waals surface area (Å²) < 4.78 is 0. The third-order valence-electron chi connectivity index (χ3n) is 4.80. The predicted molar refractivity (Wildman–Crippen MR) is 144 cm³/mol. The lowest BCUT2D eigenvalue weighted by molar-refractivity contribution is 0.504. The van der Waals surface area contributed by atoms with E-state index in [-0.39, 0.29) is 5.41 Å². The average molecular weight is 434 g/mol. The molecule has 2 rings (SSSR count). The quantitative estimate of drug-likeness (QED) is 0.395. The maximum atomic E-state index is 4.15. The topological polar surface area (TPSA) is 37.3 Å². The maximum absolute atomic E-state index is 4.15. The first-order valence-electron chi connectivity index (χ1n) is 11.0. The number of rotatable bonds is 3. The van der Waals surface area contributed by atoms with Crippen molar-refractivity contribution < 1.29 is 0 Å². The molecule has 0 amide bonds. The molecule has 0 unspecified atom stereocenters. The molecule has 0 bridgehead atoms. The highest BCUT2D eigenvalue weighted by molar-refractivity contribution is 5.94. The Bertz CT molecular complexity index is 903. The van der Waals surface area contributed by atoms with E-state index in [0.29, 0.717) is 0 Å².